The number of rotatable bonds is 7. The maximum absolute atomic E-state index is 12.1. The lowest BCUT2D eigenvalue weighted by molar-refractivity contribution is -0.117. The topological polar surface area (TPSA) is 87.3 Å². The van der Waals surface area contributed by atoms with Crippen molar-refractivity contribution in [3.05, 3.63) is 60.2 Å². The molecule has 28 heavy (non-hydrogen) atoms. The zero-order valence-corrected chi connectivity index (χ0v) is 16.3. The number of anilines is 3. The van der Waals surface area contributed by atoms with Gasteiger partial charge in [-0.2, -0.15) is 0 Å². The summed E-state index contributed by atoms with van der Waals surface area (Å²) in [5.41, 5.74) is 2.87. The van der Waals surface area contributed by atoms with Gasteiger partial charge in [0, 0.05) is 36.5 Å². The minimum Gasteiger partial charge on any atom is -0.326 e. The van der Waals surface area contributed by atoms with E-state index in [1.54, 1.807) is 42.5 Å². The highest BCUT2D eigenvalue weighted by Crippen LogP contribution is 2.15. The number of amides is 3. The highest BCUT2D eigenvalue weighted by Gasteiger charge is 2.05. The Kier molecular flexibility index (Phi) is 7.51. The summed E-state index contributed by atoms with van der Waals surface area (Å²) < 4.78 is 0. The third kappa shape index (κ3) is 7.45. The summed E-state index contributed by atoms with van der Waals surface area (Å²) in [6.45, 7) is 5.43. The van der Waals surface area contributed by atoms with Crippen LogP contribution < -0.4 is 16.0 Å². The lowest BCUT2D eigenvalue weighted by Crippen LogP contribution is -2.14. The first-order valence-corrected chi connectivity index (χ1v) is 9.08. The first-order valence-electron chi connectivity index (χ1n) is 9.08. The van der Waals surface area contributed by atoms with Crippen molar-refractivity contribution in [2.24, 2.45) is 5.92 Å². The normalized spacial score (nSPS) is 10.7. The van der Waals surface area contributed by atoms with Crippen LogP contribution in [-0.4, -0.2) is 17.7 Å². The minimum absolute atomic E-state index is 0.0285. The summed E-state index contributed by atoms with van der Waals surface area (Å²) in [4.78, 5) is 34.8. The van der Waals surface area contributed by atoms with Gasteiger partial charge in [0.05, 0.1) is 0 Å². The summed E-state index contributed by atoms with van der Waals surface area (Å²) in [5, 5.41) is 8.28. The van der Waals surface area contributed by atoms with Crippen molar-refractivity contribution in [1.29, 1.82) is 0 Å². The average Bonchev–Trinajstić information content (AvgIpc) is 2.61. The van der Waals surface area contributed by atoms with Gasteiger partial charge in [-0.15, -0.1) is 0 Å². The molecule has 0 fully saturated rings. The molecule has 0 aliphatic rings. The van der Waals surface area contributed by atoms with Crippen molar-refractivity contribution in [2.45, 2.75) is 27.2 Å². The number of carbonyl (C=O) groups is 3. The van der Waals surface area contributed by atoms with Gasteiger partial charge in [0.2, 0.25) is 17.7 Å². The van der Waals surface area contributed by atoms with E-state index in [2.05, 4.69) is 16.0 Å². The Hall–Kier alpha value is -3.41. The molecule has 6 nitrogen and oxygen atoms in total. The van der Waals surface area contributed by atoms with Gasteiger partial charge in [0.1, 0.15) is 0 Å². The molecule has 3 amide bonds. The van der Waals surface area contributed by atoms with Crippen LogP contribution >= 0.6 is 0 Å². The summed E-state index contributed by atoms with van der Waals surface area (Å²) in [6, 6.07) is 14.1. The molecule has 0 spiro atoms. The van der Waals surface area contributed by atoms with E-state index in [4.69, 9.17) is 0 Å². The molecule has 2 aromatic carbocycles. The lowest BCUT2D eigenvalue weighted by Gasteiger charge is -2.08. The SMILES string of the molecule is CC(=O)Nc1ccc(/C=C/C(=O)Nc2ccc(NC(=O)CC(C)C)cc2)cc1. The fourth-order valence-electron chi connectivity index (χ4n) is 2.46. The van der Waals surface area contributed by atoms with Crippen LogP contribution in [0.2, 0.25) is 0 Å². The van der Waals surface area contributed by atoms with Crippen molar-refractivity contribution < 1.29 is 14.4 Å². The predicted octanol–water partition coefficient (Wildman–Crippen LogP) is 4.28. The highest BCUT2D eigenvalue weighted by molar-refractivity contribution is 6.02. The Morgan fingerprint density at radius 1 is 0.821 bits per heavy atom. The van der Waals surface area contributed by atoms with Gasteiger partial charge in [-0.05, 0) is 54.0 Å². The zero-order valence-electron chi connectivity index (χ0n) is 16.3. The van der Waals surface area contributed by atoms with E-state index in [9.17, 15) is 14.4 Å². The second-order valence-electron chi connectivity index (χ2n) is 6.85. The van der Waals surface area contributed by atoms with Crippen LogP contribution in [-0.2, 0) is 14.4 Å². The van der Waals surface area contributed by atoms with E-state index in [-0.39, 0.29) is 17.7 Å². The lowest BCUT2D eigenvalue weighted by atomic mass is 10.1. The van der Waals surface area contributed by atoms with Gasteiger partial charge >= 0.3 is 0 Å². The standard InChI is InChI=1S/C22H25N3O3/c1-15(2)14-22(28)25-20-11-9-19(10-12-20)24-21(27)13-6-17-4-7-18(8-5-17)23-16(3)26/h4-13,15H,14H2,1-3H3,(H,23,26)(H,24,27)(H,25,28)/b13-6+. The molecule has 0 radical (unpaired) electrons. The average molecular weight is 379 g/mol. The third-order valence-electron chi connectivity index (χ3n) is 3.69. The molecule has 146 valence electrons. The van der Waals surface area contributed by atoms with Gasteiger partial charge in [-0.1, -0.05) is 26.0 Å². The van der Waals surface area contributed by atoms with E-state index in [0.717, 1.165) is 5.56 Å². The Balaban J connectivity index is 1.87. The van der Waals surface area contributed by atoms with Gasteiger partial charge in [-0.25, -0.2) is 0 Å². The fraction of sp³-hybridized carbons (Fsp3) is 0.227. The van der Waals surface area contributed by atoms with Crippen molar-refractivity contribution >= 4 is 40.9 Å². The summed E-state index contributed by atoms with van der Waals surface area (Å²) >= 11 is 0. The van der Waals surface area contributed by atoms with Crippen molar-refractivity contribution in [3.63, 3.8) is 0 Å². The zero-order chi connectivity index (χ0) is 20.5. The summed E-state index contributed by atoms with van der Waals surface area (Å²) in [7, 11) is 0. The maximum atomic E-state index is 12.1. The molecule has 0 bridgehead atoms. The van der Waals surface area contributed by atoms with Crippen molar-refractivity contribution in [2.75, 3.05) is 16.0 Å². The van der Waals surface area contributed by atoms with Crippen molar-refractivity contribution in [1.82, 2.24) is 0 Å². The number of hydrogen-bond acceptors (Lipinski definition) is 3. The first-order chi connectivity index (χ1) is 13.3. The van der Waals surface area contributed by atoms with Gasteiger partial charge < -0.3 is 16.0 Å². The van der Waals surface area contributed by atoms with Crippen LogP contribution in [0.4, 0.5) is 17.1 Å². The van der Waals surface area contributed by atoms with E-state index < -0.39 is 0 Å². The maximum Gasteiger partial charge on any atom is 0.248 e. The third-order valence-corrected chi connectivity index (χ3v) is 3.69. The van der Waals surface area contributed by atoms with E-state index in [0.29, 0.717) is 29.4 Å². The van der Waals surface area contributed by atoms with Crippen LogP contribution in [0.3, 0.4) is 0 Å². The van der Waals surface area contributed by atoms with E-state index in [1.807, 2.05) is 26.0 Å². The largest absolute Gasteiger partial charge is 0.326 e. The molecule has 0 saturated carbocycles. The smallest absolute Gasteiger partial charge is 0.248 e. The Morgan fingerprint density at radius 2 is 1.32 bits per heavy atom. The second kappa shape index (κ2) is 10.1. The van der Waals surface area contributed by atoms with Crippen LogP contribution in [0.15, 0.2) is 54.6 Å². The molecule has 2 rings (SSSR count). The number of hydrogen-bond donors (Lipinski definition) is 3. The molecular weight excluding hydrogens is 354 g/mol. The fourth-order valence-corrected chi connectivity index (χ4v) is 2.46. The Labute approximate surface area is 165 Å². The molecule has 6 heteroatoms. The molecular formula is C22H25N3O3. The van der Waals surface area contributed by atoms with Gasteiger partial charge in [-0.3, -0.25) is 14.4 Å². The molecule has 0 aromatic heterocycles. The Bertz CT molecular complexity index is 854. The molecule has 0 atom stereocenters. The molecule has 0 aliphatic carbocycles. The minimum atomic E-state index is -0.262. The summed E-state index contributed by atoms with van der Waals surface area (Å²) in [6.07, 6.45) is 3.59. The number of benzene rings is 2. The highest BCUT2D eigenvalue weighted by atomic mass is 16.2. The second-order valence-corrected chi connectivity index (χ2v) is 6.85. The first kappa shape index (κ1) is 20.9. The number of nitrogens with one attached hydrogen (secondary N) is 3. The van der Waals surface area contributed by atoms with Crippen LogP contribution in [0, 0.1) is 5.92 Å². The summed E-state index contributed by atoms with van der Waals surface area (Å²) in [5.74, 6) is -0.123. The van der Waals surface area contributed by atoms with Gasteiger partial charge in [0.25, 0.3) is 0 Å². The van der Waals surface area contributed by atoms with Crippen LogP contribution in [0.5, 0.6) is 0 Å². The molecule has 0 aliphatic heterocycles. The molecule has 0 unspecified atom stereocenters. The molecule has 3 N–H and O–H groups in total. The quantitative estimate of drug-likeness (QED) is 0.628. The van der Waals surface area contributed by atoms with Crippen LogP contribution in [0.1, 0.15) is 32.8 Å². The monoisotopic (exact) mass is 379 g/mol. The Morgan fingerprint density at radius 3 is 1.86 bits per heavy atom. The predicted molar refractivity (Wildman–Crippen MR) is 113 cm³/mol. The van der Waals surface area contributed by atoms with E-state index >= 15 is 0 Å². The van der Waals surface area contributed by atoms with E-state index in [1.165, 1.54) is 13.0 Å². The molecule has 0 heterocycles. The number of carbonyl (C=O) groups excluding carboxylic acids is 3. The van der Waals surface area contributed by atoms with Gasteiger partial charge in [0.15, 0.2) is 0 Å². The molecule has 0 saturated heterocycles. The molecule has 2 aromatic rings. The van der Waals surface area contributed by atoms with Crippen LogP contribution in [0.25, 0.3) is 6.08 Å². The van der Waals surface area contributed by atoms with Crippen molar-refractivity contribution in [3.8, 4) is 0 Å².